The molecule has 0 aliphatic rings. The predicted octanol–water partition coefficient (Wildman–Crippen LogP) is 3.53. The minimum absolute atomic E-state index is 0.252. The Kier molecular flexibility index (Phi) is 5.27. The molecule has 0 aromatic heterocycles. The lowest BCUT2D eigenvalue weighted by atomic mass is 9.78. The minimum atomic E-state index is 0.252. The summed E-state index contributed by atoms with van der Waals surface area (Å²) in [4.78, 5) is 11.4. The van der Waals surface area contributed by atoms with E-state index in [0.29, 0.717) is 23.5 Å². The third kappa shape index (κ3) is 4.44. The van der Waals surface area contributed by atoms with Gasteiger partial charge in [0.15, 0.2) is 0 Å². The molecule has 78 valence electrons. The van der Waals surface area contributed by atoms with Crippen molar-refractivity contribution in [1.29, 1.82) is 0 Å². The molecule has 0 saturated heterocycles. The van der Waals surface area contributed by atoms with E-state index in [4.69, 9.17) is 0 Å². The van der Waals surface area contributed by atoms with Gasteiger partial charge in [0.1, 0.15) is 5.78 Å². The zero-order chi connectivity index (χ0) is 10.6. The molecule has 2 atom stereocenters. The van der Waals surface area contributed by atoms with Crippen LogP contribution in [0.4, 0.5) is 0 Å². The van der Waals surface area contributed by atoms with Gasteiger partial charge >= 0.3 is 0 Å². The zero-order valence-corrected chi connectivity index (χ0v) is 9.92. The molecule has 0 saturated carbocycles. The number of rotatable bonds is 5. The number of carbonyl (C=O) groups excluding carboxylic acids is 1. The maximum absolute atomic E-state index is 11.4. The molecule has 0 aliphatic carbocycles. The fourth-order valence-electron chi connectivity index (χ4n) is 2.42. The van der Waals surface area contributed by atoms with Gasteiger partial charge in [-0.3, -0.25) is 4.79 Å². The van der Waals surface area contributed by atoms with E-state index in [-0.39, 0.29) is 5.92 Å². The summed E-state index contributed by atoms with van der Waals surface area (Å²) >= 11 is 0. The molecule has 0 radical (unpaired) electrons. The first-order chi connectivity index (χ1) is 5.86. The van der Waals surface area contributed by atoms with Crippen LogP contribution in [0.1, 0.15) is 48.0 Å². The second-order valence-corrected chi connectivity index (χ2v) is 4.99. The third-order valence-electron chi connectivity index (χ3n) is 2.64. The molecular weight excluding hydrogens is 160 g/mol. The quantitative estimate of drug-likeness (QED) is 0.639. The average molecular weight is 184 g/mol. The van der Waals surface area contributed by atoms with Gasteiger partial charge in [0.2, 0.25) is 0 Å². The summed E-state index contributed by atoms with van der Waals surface area (Å²) in [5.41, 5.74) is 0. The molecule has 0 N–H and O–H groups in total. The Bertz CT molecular complexity index is 159. The largest absolute Gasteiger partial charge is 0.300 e. The molecular formula is C12H24O. The molecule has 13 heavy (non-hydrogen) atoms. The maximum Gasteiger partial charge on any atom is 0.133 e. The SMILES string of the molecule is CC(=O)C(C(C)C)C(C)CC(C)C. The molecule has 0 aliphatic heterocycles. The Labute approximate surface area is 82.9 Å². The van der Waals surface area contributed by atoms with Gasteiger partial charge in [-0.05, 0) is 31.1 Å². The van der Waals surface area contributed by atoms with Crippen molar-refractivity contribution >= 4 is 5.78 Å². The van der Waals surface area contributed by atoms with Crippen molar-refractivity contribution in [3.05, 3.63) is 0 Å². The van der Waals surface area contributed by atoms with Crippen LogP contribution >= 0.6 is 0 Å². The van der Waals surface area contributed by atoms with Crippen molar-refractivity contribution in [2.45, 2.75) is 48.0 Å². The van der Waals surface area contributed by atoms with Crippen LogP contribution in [0.15, 0.2) is 0 Å². The van der Waals surface area contributed by atoms with Crippen molar-refractivity contribution in [2.24, 2.45) is 23.7 Å². The Morgan fingerprint density at radius 2 is 1.54 bits per heavy atom. The fourth-order valence-corrected chi connectivity index (χ4v) is 2.42. The van der Waals surface area contributed by atoms with Crippen LogP contribution < -0.4 is 0 Å². The van der Waals surface area contributed by atoms with Crippen LogP contribution in [-0.2, 0) is 4.79 Å². The molecule has 0 rings (SSSR count). The Morgan fingerprint density at radius 3 is 1.77 bits per heavy atom. The molecule has 0 aromatic carbocycles. The van der Waals surface area contributed by atoms with E-state index in [0.717, 1.165) is 6.42 Å². The fraction of sp³-hybridized carbons (Fsp3) is 0.917. The number of Topliss-reactive ketones (excluding diaryl/α,β-unsaturated/α-hetero) is 1. The van der Waals surface area contributed by atoms with Crippen LogP contribution in [0.3, 0.4) is 0 Å². The van der Waals surface area contributed by atoms with Crippen molar-refractivity contribution in [3.63, 3.8) is 0 Å². The molecule has 1 nitrogen and oxygen atoms in total. The van der Waals surface area contributed by atoms with E-state index >= 15 is 0 Å². The highest BCUT2D eigenvalue weighted by Gasteiger charge is 2.25. The highest BCUT2D eigenvalue weighted by atomic mass is 16.1. The Hall–Kier alpha value is -0.330. The lowest BCUT2D eigenvalue weighted by Crippen LogP contribution is -2.26. The topological polar surface area (TPSA) is 17.1 Å². The summed E-state index contributed by atoms with van der Waals surface area (Å²) in [5, 5.41) is 0. The van der Waals surface area contributed by atoms with E-state index in [2.05, 4.69) is 34.6 Å². The monoisotopic (exact) mass is 184 g/mol. The summed E-state index contributed by atoms with van der Waals surface area (Å²) in [7, 11) is 0. The number of carbonyl (C=O) groups is 1. The van der Waals surface area contributed by atoms with E-state index < -0.39 is 0 Å². The first-order valence-electron chi connectivity index (χ1n) is 5.36. The molecule has 0 amide bonds. The first kappa shape index (κ1) is 12.7. The number of hydrogen-bond donors (Lipinski definition) is 0. The smallest absolute Gasteiger partial charge is 0.133 e. The standard InChI is InChI=1S/C12H24O/c1-8(2)7-10(5)12(9(3)4)11(6)13/h8-10,12H,7H2,1-6H3. The van der Waals surface area contributed by atoms with Crippen LogP contribution in [0.5, 0.6) is 0 Å². The third-order valence-corrected chi connectivity index (χ3v) is 2.64. The number of hydrogen-bond acceptors (Lipinski definition) is 1. The van der Waals surface area contributed by atoms with Gasteiger partial charge in [-0.2, -0.15) is 0 Å². The van der Waals surface area contributed by atoms with E-state index in [1.807, 2.05) is 0 Å². The van der Waals surface area contributed by atoms with Crippen molar-refractivity contribution in [1.82, 2.24) is 0 Å². The molecule has 1 heteroatoms. The summed E-state index contributed by atoms with van der Waals surface area (Å²) < 4.78 is 0. The first-order valence-corrected chi connectivity index (χ1v) is 5.36. The van der Waals surface area contributed by atoms with Crippen LogP contribution in [0.25, 0.3) is 0 Å². The minimum Gasteiger partial charge on any atom is -0.300 e. The summed E-state index contributed by atoms with van der Waals surface area (Å²) in [6, 6.07) is 0. The lowest BCUT2D eigenvalue weighted by Gasteiger charge is -2.26. The van der Waals surface area contributed by atoms with Crippen molar-refractivity contribution in [2.75, 3.05) is 0 Å². The Morgan fingerprint density at radius 1 is 1.08 bits per heavy atom. The average Bonchev–Trinajstić information content (AvgIpc) is 1.81. The molecule has 2 unspecified atom stereocenters. The number of ketones is 1. The van der Waals surface area contributed by atoms with Crippen LogP contribution in [0.2, 0.25) is 0 Å². The van der Waals surface area contributed by atoms with Gasteiger partial charge in [0.25, 0.3) is 0 Å². The maximum atomic E-state index is 11.4. The van der Waals surface area contributed by atoms with Gasteiger partial charge < -0.3 is 0 Å². The van der Waals surface area contributed by atoms with Gasteiger partial charge in [-0.25, -0.2) is 0 Å². The van der Waals surface area contributed by atoms with E-state index in [1.54, 1.807) is 6.92 Å². The van der Waals surface area contributed by atoms with E-state index in [9.17, 15) is 4.79 Å². The molecule has 0 aromatic rings. The van der Waals surface area contributed by atoms with Crippen molar-refractivity contribution < 1.29 is 4.79 Å². The second kappa shape index (κ2) is 5.41. The summed E-state index contributed by atoms with van der Waals surface area (Å²) in [6.07, 6.45) is 1.16. The molecule has 0 heterocycles. The summed E-state index contributed by atoms with van der Waals surface area (Å²) in [6.45, 7) is 12.6. The van der Waals surface area contributed by atoms with Gasteiger partial charge in [-0.15, -0.1) is 0 Å². The molecule has 0 spiro atoms. The summed E-state index contributed by atoms with van der Waals surface area (Å²) in [5.74, 6) is 2.30. The van der Waals surface area contributed by atoms with E-state index in [1.165, 1.54) is 0 Å². The Balaban J connectivity index is 4.28. The van der Waals surface area contributed by atoms with Gasteiger partial charge in [-0.1, -0.05) is 34.6 Å². The molecule has 0 bridgehead atoms. The van der Waals surface area contributed by atoms with Crippen LogP contribution in [0, 0.1) is 23.7 Å². The molecule has 0 fully saturated rings. The van der Waals surface area contributed by atoms with Crippen molar-refractivity contribution in [3.8, 4) is 0 Å². The highest BCUT2D eigenvalue weighted by Crippen LogP contribution is 2.26. The normalized spacial score (nSPS) is 16.3. The zero-order valence-electron chi connectivity index (χ0n) is 9.92. The van der Waals surface area contributed by atoms with Gasteiger partial charge in [0.05, 0.1) is 0 Å². The highest BCUT2D eigenvalue weighted by molar-refractivity contribution is 5.78. The lowest BCUT2D eigenvalue weighted by molar-refractivity contribution is -0.123. The second-order valence-electron chi connectivity index (χ2n) is 4.99. The predicted molar refractivity (Wildman–Crippen MR) is 57.6 cm³/mol. The van der Waals surface area contributed by atoms with Gasteiger partial charge in [0, 0.05) is 5.92 Å². The van der Waals surface area contributed by atoms with Crippen LogP contribution in [-0.4, -0.2) is 5.78 Å².